The summed E-state index contributed by atoms with van der Waals surface area (Å²) in [7, 11) is 0. The molecule has 142 valence electrons. The average molecular weight is 379 g/mol. The van der Waals surface area contributed by atoms with Crippen LogP contribution in [0.2, 0.25) is 0 Å². The van der Waals surface area contributed by atoms with Crippen molar-refractivity contribution >= 4 is 17.4 Å². The minimum atomic E-state index is -1.03. The van der Waals surface area contributed by atoms with Gasteiger partial charge in [-0.25, -0.2) is 9.97 Å². The summed E-state index contributed by atoms with van der Waals surface area (Å²) in [4.78, 5) is 23.8. The van der Waals surface area contributed by atoms with Gasteiger partial charge in [0.05, 0.1) is 11.9 Å². The fourth-order valence-corrected chi connectivity index (χ4v) is 2.72. The third-order valence-electron chi connectivity index (χ3n) is 4.40. The van der Waals surface area contributed by atoms with Gasteiger partial charge in [0.1, 0.15) is 5.82 Å². The van der Waals surface area contributed by atoms with Gasteiger partial charge in [0.25, 0.3) is 0 Å². The second kappa shape index (κ2) is 7.69. The van der Waals surface area contributed by atoms with Gasteiger partial charge in [-0.3, -0.25) is 9.78 Å². The van der Waals surface area contributed by atoms with Gasteiger partial charge in [-0.05, 0) is 43.2 Å². The number of nitrogens with zero attached hydrogens (tertiary/aromatic N) is 3. The van der Waals surface area contributed by atoms with Crippen LogP contribution in [0.25, 0.3) is 11.1 Å². The maximum atomic E-state index is 13.0. The first kappa shape index (κ1) is 18.0. The Hall–Kier alpha value is -3.39. The number of nitrogens with one attached hydrogen (secondary N) is 2. The molecule has 1 aliphatic rings. The van der Waals surface area contributed by atoms with E-state index in [2.05, 4.69) is 25.6 Å². The molecule has 1 saturated carbocycles. The van der Waals surface area contributed by atoms with Crippen molar-refractivity contribution in [3.05, 3.63) is 66.6 Å². The summed E-state index contributed by atoms with van der Waals surface area (Å²) in [5.41, 5.74) is 2.57. The fraction of sp³-hybridized carbons (Fsp3) is 0.200. The molecule has 28 heavy (non-hydrogen) atoms. The highest BCUT2D eigenvalue weighted by atomic mass is 19.1. The van der Waals surface area contributed by atoms with Crippen molar-refractivity contribution in [2.45, 2.75) is 19.1 Å². The molecule has 1 amide bonds. The summed E-state index contributed by atoms with van der Waals surface area (Å²) < 4.78 is 13.0. The van der Waals surface area contributed by atoms with Crippen LogP contribution in [0.1, 0.15) is 24.6 Å². The van der Waals surface area contributed by atoms with Gasteiger partial charge in [-0.2, -0.15) is 4.39 Å². The molecule has 1 aliphatic carbocycles. The van der Waals surface area contributed by atoms with Crippen molar-refractivity contribution in [2.24, 2.45) is 5.92 Å². The van der Waals surface area contributed by atoms with E-state index in [0.29, 0.717) is 22.6 Å². The summed E-state index contributed by atoms with van der Waals surface area (Å²) in [6, 6.07) is 7.95. The van der Waals surface area contributed by atoms with Crippen molar-refractivity contribution in [2.75, 3.05) is 10.6 Å². The molecule has 0 saturated heterocycles. The number of halogens is 1. The predicted octanol–water partition coefficient (Wildman–Crippen LogP) is 3.13. The quantitative estimate of drug-likeness (QED) is 0.449. The third kappa shape index (κ3) is 4.29. The molecule has 7 nitrogen and oxygen atoms in total. The number of aliphatic hydroxyl groups excluding tert-OH is 1. The smallest absolute Gasteiger partial charge is 0.228 e. The number of aromatic nitrogens is 3. The van der Waals surface area contributed by atoms with Gasteiger partial charge in [0, 0.05) is 41.2 Å². The van der Waals surface area contributed by atoms with E-state index in [4.69, 9.17) is 0 Å². The number of carbonyl (C=O) groups is 1. The van der Waals surface area contributed by atoms with Crippen molar-refractivity contribution in [3.8, 4) is 11.1 Å². The van der Waals surface area contributed by atoms with Crippen LogP contribution >= 0.6 is 0 Å². The highest BCUT2D eigenvalue weighted by Gasteiger charge is 2.29. The van der Waals surface area contributed by atoms with Gasteiger partial charge >= 0.3 is 0 Å². The first-order valence-electron chi connectivity index (χ1n) is 8.87. The molecule has 1 unspecified atom stereocenters. The molecule has 8 heteroatoms. The Morgan fingerprint density at radius 3 is 2.71 bits per heavy atom. The van der Waals surface area contributed by atoms with Crippen LogP contribution in [0.15, 0.2) is 55.1 Å². The van der Waals surface area contributed by atoms with E-state index in [0.717, 1.165) is 18.4 Å². The van der Waals surface area contributed by atoms with Crippen LogP contribution in [0.3, 0.4) is 0 Å². The highest BCUT2D eigenvalue weighted by molar-refractivity contribution is 5.93. The molecular weight excluding hydrogens is 361 g/mol. The second-order valence-corrected chi connectivity index (χ2v) is 6.62. The lowest BCUT2D eigenvalue weighted by atomic mass is 10.1. The number of amides is 1. The Morgan fingerprint density at radius 2 is 1.96 bits per heavy atom. The summed E-state index contributed by atoms with van der Waals surface area (Å²) in [5.74, 6) is -0.122. The molecule has 0 spiro atoms. The van der Waals surface area contributed by atoms with Crippen molar-refractivity contribution in [1.82, 2.24) is 15.0 Å². The number of hydrogen-bond acceptors (Lipinski definition) is 6. The van der Waals surface area contributed by atoms with E-state index in [1.54, 1.807) is 36.7 Å². The van der Waals surface area contributed by atoms with E-state index in [1.165, 1.54) is 18.5 Å². The number of anilines is 2. The van der Waals surface area contributed by atoms with E-state index < -0.39 is 12.2 Å². The molecule has 1 atom stereocenters. The molecule has 4 rings (SSSR count). The third-order valence-corrected chi connectivity index (χ3v) is 4.40. The molecule has 0 bridgehead atoms. The van der Waals surface area contributed by atoms with Gasteiger partial charge in [0.15, 0.2) is 6.23 Å². The minimum absolute atomic E-state index is 0.0445. The lowest BCUT2D eigenvalue weighted by Crippen LogP contribution is -2.15. The van der Waals surface area contributed by atoms with Crippen molar-refractivity contribution in [1.29, 1.82) is 0 Å². The zero-order valence-corrected chi connectivity index (χ0v) is 14.8. The van der Waals surface area contributed by atoms with E-state index in [1.807, 2.05) is 0 Å². The maximum Gasteiger partial charge on any atom is 0.228 e. The molecular formula is C20H18FN5O2. The molecule has 3 aromatic heterocycles. The molecule has 0 aliphatic heterocycles. The summed E-state index contributed by atoms with van der Waals surface area (Å²) >= 11 is 0. The lowest BCUT2D eigenvalue weighted by Gasteiger charge is -2.16. The van der Waals surface area contributed by atoms with Crippen LogP contribution in [0.4, 0.5) is 15.9 Å². The van der Waals surface area contributed by atoms with Gasteiger partial charge in [0.2, 0.25) is 11.9 Å². The van der Waals surface area contributed by atoms with Crippen LogP contribution in [-0.4, -0.2) is 26.0 Å². The van der Waals surface area contributed by atoms with Crippen molar-refractivity contribution < 1.29 is 14.3 Å². The zero-order valence-electron chi connectivity index (χ0n) is 14.8. The predicted molar refractivity (Wildman–Crippen MR) is 102 cm³/mol. The van der Waals surface area contributed by atoms with Crippen LogP contribution in [0, 0.1) is 11.9 Å². The summed E-state index contributed by atoms with van der Waals surface area (Å²) in [5, 5.41) is 16.2. The zero-order chi connectivity index (χ0) is 19.5. The molecule has 0 radical (unpaired) electrons. The standard InChI is InChI=1S/C20H18FN5O2/c21-17-4-3-14(10-24-17)15-7-16(11-22-9-15)25-20(28)13-5-6-23-18(8-13)26-19(27)12-1-2-12/h3-12,20,25,28H,1-2H2,(H,23,26,27). The van der Waals surface area contributed by atoms with Gasteiger partial charge in [-0.1, -0.05) is 0 Å². The topological polar surface area (TPSA) is 100 Å². The Morgan fingerprint density at radius 1 is 1.11 bits per heavy atom. The highest BCUT2D eigenvalue weighted by Crippen LogP contribution is 2.30. The average Bonchev–Trinajstić information content (AvgIpc) is 3.54. The molecule has 1 fully saturated rings. The first-order chi connectivity index (χ1) is 13.6. The normalized spacial score (nSPS) is 14.4. The molecule has 3 N–H and O–H groups in total. The Balaban J connectivity index is 1.47. The number of hydrogen-bond donors (Lipinski definition) is 3. The van der Waals surface area contributed by atoms with Crippen LogP contribution in [-0.2, 0) is 4.79 Å². The Kier molecular flexibility index (Phi) is 4.94. The van der Waals surface area contributed by atoms with E-state index in [9.17, 15) is 14.3 Å². The van der Waals surface area contributed by atoms with E-state index in [-0.39, 0.29) is 11.8 Å². The van der Waals surface area contributed by atoms with E-state index >= 15 is 0 Å². The summed E-state index contributed by atoms with van der Waals surface area (Å²) in [6.07, 6.45) is 6.94. The number of carbonyl (C=O) groups excluding carboxylic acids is 1. The van der Waals surface area contributed by atoms with Crippen LogP contribution in [0.5, 0.6) is 0 Å². The van der Waals surface area contributed by atoms with Crippen LogP contribution < -0.4 is 10.6 Å². The minimum Gasteiger partial charge on any atom is -0.369 e. The van der Waals surface area contributed by atoms with Gasteiger partial charge in [-0.15, -0.1) is 0 Å². The maximum absolute atomic E-state index is 13.0. The second-order valence-electron chi connectivity index (χ2n) is 6.62. The molecule has 0 aromatic carbocycles. The largest absolute Gasteiger partial charge is 0.369 e. The van der Waals surface area contributed by atoms with Crippen molar-refractivity contribution in [3.63, 3.8) is 0 Å². The number of aliphatic hydroxyl groups is 1. The van der Waals surface area contributed by atoms with Gasteiger partial charge < -0.3 is 15.7 Å². The first-order valence-corrected chi connectivity index (χ1v) is 8.87. The lowest BCUT2D eigenvalue weighted by molar-refractivity contribution is -0.117. The monoisotopic (exact) mass is 379 g/mol. The Bertz CT molecular complexity index is 992. The summed E-state index contributed by atoms with van der Waals surface area (Å²) in [6.45, 7) is 0. The molecule has 3 heterocycles. The number of rotatable bonds is 6. The molecule has 3 aromatic rings. The fourth-order valence-electron chi connectivity index (χ4n) is 2.72. The SMILES string of the molecule is O=C(Nc1cc(C(O)Nc2cncc(-c3ccc(F)nc3)c2)ccn1)C1CC1. The number of pyridine rings is 3. The Labute approximate surface area is 160 Å².